The Morgan fingerprint density at radius 2 is 1.61 bits per heavy atom. The number of benzene rings is 2. The Balaban J connectivity index is 2.14. The molecule has 0 aromatic heterocycles. The lowest BCUT2D eigenvalue weighted by Crippen LogP contribution is -2.40. The number of alkyl halides is 2. The van der Waals surface area contributed by atoms with E-state index in [1.165, 1.54) is 12.1 Å². The number of anilines is 1. The minimum atomic E-state index is -4.18. The highest BCUT2D eigenvalue weighted by Crippen LogP contribution is 2.25. The van der Waals surface area contributed by atoms with Crippen LogP contribution in [0.5, 0.6) is 5.75 Å². The van der Waals surface area contributed by atoms with E-state index < -0.39 is 23.7 Å². The maximum absolute atomic E-state index is 13.8. The highest BCUT2D eigenvalue weighted by molar-refractivity contribution is 5.95. The number of rotatable bonds is 4. The Labute approximate surface area is 129 Å². The molecule has 0 saturated heterocycles. The Hall–Kier alpha value is -2.57. The minimum absolute atomic E-state index is 0.173. The Bertz CT molecular complexity index is 727. The van der Waals surface area contributed by atoms with Crippen molar-refractivity contribution in [3.63, 3.8) is 0 Å². The normalized spacial score (nSPS) is 11.2. The molecule has 2 rings (SSSR count). The Kier molecular flexibility index (Phi) is 4.58. The van der Waals surface area contributed by atoms with Crippen LogP contribution < -0.4 is 10.1 Å². The van der Waals surface area contributed by atoms with Crippen LogP contribution in [0.2, 0.25) is 0 Å². The van der Waals surface area contributed by atoms with Crippen LogP contribution in [0.4, 0.5) is 23.2 Å². The van der Waals surface area contributed by atoms with E-state index in [1.54, 1.807) is 25.2 Å². The fourth-order valence-electron chi connectivity index (χ4n) is 1.96. The Morgan fingerprint density at radius 1 is 1.00 bits per heavy atom. The van der Waals surface area contributed by atoms with E-state index in [9.17, 15) is 22.4 Å². The minimum Gasteiger partial charge on any atom is -0.425 e. The van der Waals surface area contributed by atoms with Crippen molar-refractivity contribution in [2.45, 2.75) is 20.0 Å². The predicted molar refractivity (Wildman–Crippen MR) is 76.5 cm³/mol. The van der Waals surface area contributed by atoms with Gasteiger partial charge in [-0.25, -0.2) is 8.78 Å². The highest BCUT2D eigenvalue weighted by atomic mass is 19.3. The van der Waals surface area contributed by atoms with Crippen molar-refractivity contribution in [1.82, 2.24) is 0 Å². The van der Waals surface area contributed by atoms with Crippen LogP contribution in [0.15, 0.2) is 36.4 Å². The topological polar surface area (TPSA) is 38.3 Å². The lowest BCUT2D eigenvalue weighted by Gasteiger charge is -2.18. The van der Waals surface area contributed by atoms with Crippen LogP contribution in [0.3, 0.4) is 0 Å². The van der Waals surface area contributed by atoms with E-state index in [0.717, 1.165) is 6.07 Å². The number of amides is 1. The number of carbonyl (C=O) groups is 1. The monoisotopic (exact) mass is 327 g/mol. The standard InChI is InChI=1S/C16H13F4NO2/c1-9-5-10(2)7-12(6-9)23-16(19,20)15(22)21-11-3-4-13(17)14(18)8-11/h3-8H,1-2H3,(H,21,22). The van der Waals surface area contributed by atoms with Gasteiger partial charge < -0.3 is 10.1 Å². The first-order chi connectivity index (χ1) is 10.7. The summed E-state index contributed by atoms with van der Waals surface area (Å²) in [6, 6.07) is 6.74. The zero-order chi connectivity index (χ0) is 17.2. The fourth-order valence-corrected chi connectivity index (χ4v) is 1.96. The van der Waals surface area contributed by atoms with Crippen LogP contribution in [-0.2, 0) is 4.79 Å². The zero-order valence-electron chi connectivity index (χ0n) is 12.3. The molecule has 0 spiro atoms. The second-order valence-corrected chi connectivity index (χ2v) is 5.03. The van der Waals surface area contributed by atoms with Gasteiger partial charge in [-0.2, -0.15) is 8.78 Å². The molecule has 7 heteroatoms. The van der Waals surface area contributed by atoms with Gasteiger partial charge in [0.15, 0.2) is 11.6 Å². The summed E-state index contributed by atoms with van der Waals surface area (Å²) in [5.41, 5.74) is 1.08. The highest BCUT2D eigenvalue weighted by Gasteiger charge is 2.42. The number of ether oxygens (including phenoxy) is 1. The van der Waals surface area contributed by atoms with Crippen molar-refractivity contribution < 1.29 is 27.1 Å². The van der Waals surface area contributed by atoms with Gasteiger partial charge in [0, 0.05) is 11.8 Å². The van der Waals surface area contributed by atoms with Gasteiger partial charge >= 0.3 is 12.0 Å². The molecule has 0 atom stereocenters. The third-order valence-electron chi connectivity index (χ3n) is 2.88. The zero-order valence-corrected chi connectivity index (χ0v) is 12.3. The number of hydrogen-bond donors (Lipinski definition) is 1. The molecule has 2 aromatic carbocycles. The first kappa shape index (κ1) is 16.8. The van der Waals surface area contributed by atoms with Gasteiger partial charge in [0.2, 0.25) is 0 Å². The molecule has 0 unspecified atom stereocenters. The van der Waals surface area contributed by atoms with Crippen LogP contribution in [0.25, 0.3) is 0 Å². The largest absolute Gasteiger partial charge is 0.482 e. The van der Waals surface area contributed by atoms with Crippen molar-refractivity contribution in [3.05, 3.63) is 59.2 Å². The summed E-state index contributed by atoms with van der Waals surface area (Å²) in [5, 5.41) is 1.78. The third-order valence-corrected chi connectivity index (χ3v) is 2.88. The van der Waals surface area contributed by atoms with E-state index in [2.05, 4.69) is 4.74 Å². The summed E-state index contributed by atoms with van der Waals surface area (Å²) in [5.74, 6) is -4.38. The van der Waals surface area contributed by atoms with Crippen LogP contribution in [-0.4, -0.2) is 12.0 Å². The molecule has 0 radical (unpaired) electrons. The van der Waals surface area contributed by atoms with Crippen molar-refractivity contribution in [2.75, 3.05) is 5.32 Å². The second kappa shape index (κ2) is 6.28. The van der Waals surface area contributed by atoms with Crippen LogP contribution in [0.1, 0.15) is 11.1 Å². The summed E-state index contributed by atoms with van der Waals surface area (Å²) in [7, 11) is 0. The van der Waals surface area contributed by atoms with Gasteiger partial charge in [-0.1, -0.05) is 6.07 Å². The summed E-state index contributed by atoms with van der Waals surface area (Å²) in [6.45, 7) is 3.39. The van der Waals surface area contributed by atoms with E-state index in [0.29, 0.717) is 23.3 Å². The maximum Gasteiger partial charge on any atom is 0.482 e. The SMILES string of the molecule is Cc1cc(C)cc(OC(F)(F)C(=O)Nc2ccc(F)c(F)c2)c1. The van der Waals surface area contributed by atoms with Gasteiger partial charge in [-0.3, -0.25) is 4.79 Å². The van der Waals surface area contributed by atoms with Crippen molar-refractivity contribution in [1.29, 1.82) is 0 Å². The molecular formula is C16H13F4NO2. The molecule has 23 heavy (non-hydrogen) atoms. The number of hydrogen-bond acceptors (Lipinski definition) is 2. The summed E-state index contributed by atoms with van der Waals surface area (Å²) in [6.07, 6.45) is -4.18. The molecule has 0 aliphatic carbocycles. The quantitative estimate of drug-likeness (QED) is 0.855. The lowest BCUT2D eigenvalue weighted by molar-refractivity contribution is -0.187. The molecule has 0 fully saturated rings. The molecule has 2 aromatic rings. The predicted octanol–water partition coefficient (Wildman–Crippen LogP) is 4.19. The molecule has 0 bridgehead atoms. The van der Waals surface area contributed by atoms with Crippen molar-refractivity contribution in [3.8, 4) is 5.75 Å². The molecular weight excluding hydrogens is 314 g/mol. The smallest absolute Gasteiger partial charge is 0.425 e. The molecule has 1 amide bonds. The lowest BCUT2D eigenvalue weighted by atomic mass is 10.1. The number of aryl methyl sites for hydroxylation is 2. The number of nitrogens with one attached hydrogen (secondary N) is 1. The van der Waals surface area contributed by atoms with Crippen molar-refractivity contribution in [2.24, 2.45) is 0 Å². The van der Waals surface area contributed by atoms with E-state index >= 15 is 0 Å². The maximum atomic E-state index is 13.8. The first-order valence-corrected chi connectivity index (χ1v) is 6.59. The number of carbonyl (C=O) groups excluding carboxylic acids is 1. The van der Waals surface area contributed by atoms with E-state index in [4.69, 9.17) is 0 Å². The van der Waals surface area contributed by atoms with Crippen LogP contribution >= 0.6 is 0 Å². The molecule has 0 heterocycles. The molecule has 0 saturated carbocycles. The average molecular weight is 327 g/mol. The first-order valence-electron chi connectivity index (χ1n) is 6.59. The molecule has 1 N–H and O–H groups in total. The molecule has 3 nitrogen and oxygen atoms in total. The summed E-state index contributed by atoms with van der Waals surface area (Å²) >= 11 is 0. The number of halogens is 4. The van der Waals surface area contributed by atoms with Gasteiger partial charge in [-0.05, 0) is 49.2 Å². The third kappa shape index (κ3) is 4.21. The average Bonchev–Trinajstić information content (AvgIpc) is 2.41. The molecule has 122 valence electrons. The second-order valence-electron chi connectivity index (χ2n) is 5.03. The molecule has 0 aliphatic rings. The van der Waals surface area contributed by atoms with Gasteiger partial charge in [0.1, 0.15) is 5.75 Å². The molecule has 0 aliphatic heterocycles. The van der Waals surface area contributed by atoms with Gasteiger partial charge in [-0.15, -0.1) is 0 Å². The van der Waals surface area contributed by atoms with Crippen LogP contribution in [0, 0.1) is 25.5 Å². The van der Waals surface area contributed by atoms with Gasteiger partial charge in [0.25, 0.3) is 0 Å². The van der Waals surface area contributed by atoms with E-state index in [1.807, 2.05) is 0 Å². The fraction of sp³-hybridized carbons (Fsp3) is 0.188. The summed E-state index contributed by atoms with van der Waals surface area (Å²) in [4.78, 5) is 11.6. The van der Waals surface area contributed by atoms with Gasteiger partial charge in [0.05, 0.1) is 0 Å². The summed E-state index contributed by atoms with van der Waals surface area (Å²) < 4.78 is 57.9. The Morgan fingerprint density at radius 3 is 2.17 bits per heavy atom. The van der Waals surface area contributed by atoms with E-state index in [-0.39, 0.29) is 11.4 Å². The van der Waals surface area contributed by atoms with Crippen molar-refractivity contribution >= 4 is 11.6 Å².